The van der Waals surface area contributed by atoms with Crippen LogP contribution in [0.4, 0.5) is 5.69 Å². The van der Waals surface area contributed by atoms with Gasteiger partial charge in [0.05, 0.1) is 6.10 Å². The number of anilines is 1. The summed E-state index contributed by atoms with van der Waals surface area (Å²) in [5.41, 5.74) is 2.93. The summed E-state index contributed by atoms with van der Waals surface area (Å²) < 4.78 is 0. The molecular weight excluding hydrogens is 234 g/mol. The van der Waals surface area contributed by atoms with Gasteiger partial charge in [0.2, 0.25) is 0 Å². The SMILES string of the molecule is CC1Cc2ccccc2N1CC1CCC(C)(C)C1O. The highest BCUT2D eigenvalue weighted by molar-refractivity contribution is 5.59. The van der Waals surface area contributed by atoms with Crippen molar-refractivity contribution in [1.29, 1.82) is 0 Å². The fourth-order valence-corrected chi connectivity index (χ4v) is 3.85. The maximum absolute atomic E-state index is 10.5. The number of aliphatic hydroxyl groups excluding tert-OH is 1. The van der Waals surface area contributed by atoms with Crippen molar-refractivity contribution in [3.8, 4) is 0 Å². The topological polar surface area (TPSA) is 23.5 Å². The Bertz CT molecular complexity index is 468. The summed E-state index contributed by atoms with van der Waals surface area (Å²) in [6, 6.07) is 9.28. The molecule has 3 unspecified atom stereocenters. The van der Waals surface area contributed by atoms with E-state index in [1.54, 1.807) is 0 Å². The Kier molecular flexibility index (Phi) is 3.09. The zero-order valence-electron chi connectivity index (χ0n) is 12.3. The highest BCUT2D eigenvalue weighted by atomic mass is 16.3. The van der Waals surface area contributed by atoms with Crippen molar-refractivity contribution in [3.05, 3.63) is 29.8 Å². The third-order valence-electron chi connectivity index (χ3n) is 5.19. The maximum atomic E-state index is 10.5. The first-order valence-electron chi connectivity index (χ1n) is 7.51. The molecule has 0 bridgehead atoms. The maximum Gasteiger partial charge on any atom is 0.0636 e. The number of benzene rings is 1. The van der Waals surface area contributed by atoms with E-state index in [-0.39, 0.29) is 11.5 Å². The van der Waals surface area contributed by atoms with Gasteiger partial charge in [0.1, 0.15) is 0 Å². The van der Waals surface area contributed by atoms with E-state index in [1.807, 2.05) is 0 Å². The second-order valence-corrected chi connectivity index (χ2v) is 7.07. The van der Waals surface area contributed by atoms with E-state index in [1.165, 1.54) is 11.3 Å². The first-order chi connectivity index (χ1) is 8.99. The minimum absolute atomic E-state index is 0.0904. The molecule has 0 spiro atoms. The van der Waals surface area contributed by atoms with Gasteiger partial charge in [-0.15, -0.1) is 0 Å². The van der Waals surface area contributed by atoms with Gasteiger partial charge in [0, 0.05) is 24.2 Å². The molecule has 0 saturated heterocycles. The number of para-hydroxylation sites is 1. The number of hydrogen-bond donors (Lipinski definition) is 1. The minimum Gasteiger partial charge on any atom is -0.392 e. The monoisotopic (exact) mass is 259 g/mol. The summed E-state index contributed by atoms with van der Waals surface area (Å²) in [4.78, 5) is 2.50. The highest BCUT2D eigenvalue weighted by Crippen LogP contribution is 2.43. The first-order valence-corrected chi connectivity index (χ1v) is 7.51. The van der Waals surface area contributed by atoms with E-state index < -0.39 is 0 Å². The lowest BCUT2D eigenvalue weighted by Crippen LogP contribution is -2.39. The molecule has 2 heteroatoms. The average Bonchev–Trinajstić information content (AvgIpc) is 2.82. The van der Waals surface area contributed by atoms with E-state index in [0.29, 0.717) is 12.0 Å². The Balaban J connectivity index is 1.78. The summed E-state index contributed by atoms with van der Waals surface area (Å²) >= 11 is 0. The molecule has 2 aliphatic rings. The molecule has 1 aromatic rings. The summed E-state index contributed by atoms with van der Waals surface area (Å²) in [5, 5.41) is 10.5. The van der Waals surface area contributed by atoms with E-state index in [2.05, 4.69) is 49.9 Å². The van der Waals surface area contributed by atoms with Crippen molar-refractivity contribution >= 4 is 5.69 Å². The average molecular weight is 259 g/mol. The van der Waals surface area contributed by atoms with Crippen LogP contribution >= 0.6 is 0 Å². The highest BCUT2D eigenvalue weighted by Gasteiger charge is 2.42. The summed E-state index contributed by atoms with van der Waals surface area (Å²) in [6.45, 7) is 7.69. The van der Waals surface area contributed by atoms with Crippen LogP contribution in [-0.2, 0) is 6.42 Å². The summed E-state index contributed by atoms with van der Waals surface area (Å²) in [7, 11) is 0. The number of rotatable bonds is 2. The van der Waals surface area contributed by atoms with Gasteiger partial charge in [-0.05, 0) is 43.2 Å². The van der Waals surface area contributed by atoms with Crippen LogP contribution in [0.15, 0.2) is 24.3 Å². The van der Waals surface area contributed by atoms with Gasteiger partial charge >= 0.3 is 0 Å². The standard InChI is InChI=1S/C17H25NO/c1-12-10-13-6-4-5-7-15(13)18(12)11-14-8-9-17(2,3)16(14)19/h4-7,12,14,16,19H,8-11H2,1-3H3. The molecule has 3 atom stereocenters. The van der Waals surface area contributed by atoms with Gasteiger partial charge in [-0.25, -0.2) is 0 Å². The molecule has 1 aliphatic heterocycles. The van der Waals surface area contributed by atoms with Gasteiger partial charge in [-0.1, -0.05) is 32.0 Å². The molecule has 3 rings (SSSR count). The van der Waals surface area contributed by atoms with Crippen LogP contribution in [0.2, 0.25) is 0 Å². The van der Waals surface area contributed by atoms with E-state index in [0.717, 1.165) is 25.8 Å². The smallest absolute Gasteiger partial charge is 0.0636 e. The molecule has 104 valence electrons. The molecule has 1 heterocycles. The second kappa shape index (κ2) is 4.52. The number of aliphatic hydroxyl groups is 1. The fourth-order valence-electron chi connectivity index (χ4n) is 3.85. The molecule has 1 aliphatic carbocycles. The van der Waals surface area contributed by atoms with Gasteiger partial charge in [-0.2, -0.15) is 0 Å². The Morgan fingerprint density at radius 2 is 2.05 bits per heavy atom. The summed E-state index contributed by atoms with van der Waals surface area (Å²) in [6.07, 6.45) is 3.28. The summed E-state index contributed by atoms with van der Waals surface area (Å²) in [5.74, 6) is 0.420. The largest absolute Gasteiger partial charge is 0.392 e. The molecule has 0 radical (unpaired) electrons. The number of nitrogens with zero attached hydrogens (tertiary/aromatic N) is 1. The van der Waals surface area contributed by atoms with Crippen LogP contribution in [0.25, 0.3) is 0 Å². The van der Waals surface area contributed by atoms with Crippen molar-refractivity contribution < 1.29 is 5.11 Å². The van der Waals surface area contributed by atoms with Crippen molar-refractivity contribution in [3.63, 3.8) is 0 Å². The van der Waals surface area contributed by atoms with Crippen LogP contribution in [0.3, 0.4) is 0 Å². The molecule has 0 amide bonds. The van der Waals surface area contributed by atoms with Crippen LogP contribution in [0, 0.1) is 11.3 Å². The van der Waals surface area contributed by atoms with Crippen LogP contribution in [0.5, 0.6) is 0 Å². The quantitative estimate of drug-likeness (QED) is 0.881. The van der Waals surface area contributed by atoms with Crippen LogP contribution in [0.1, 0.15) is 39.2 Å². The molecule has 1 fully saturated rings. The number of hydrogen-bond acceptors (Lipinski definition) is 2. The van der Waals surface area contributed by atoms with Gasteiger partial charge in [0.15, 0.2) is 0 Å². The van der Waals surface area contributed by atoms with Gasteiger partial charge in [0.25, 0.3) is 0 Å². The molecule has 1 aromatic carbocycles. The lowest BCUT2D eigenvalue weighted by molar-refractivity contribution is 0.0478. The van der Waals surface area contributed by atoms with Gasteiger partial charge < -0.3 is 10.0 Å². The van der Waals surface area contributed by atoms with Crippen molar-refractivity contribution in [2.45, 2.75) is 52.2 Å². The van der Waals surface area contributed by atoms with Crippen molar-refractivity contribution in [2.75, 3.05) is 11.4 Å². The Morgan fingerprint density at radius 3 is 2.74 bits per heavy atom. The molecule has 19 heavy (non-hydrogen) atoms. The zero-order valence-corrected chi connectivity index (χ0v) is 12.3. The second-order valence-electron chi connectivity index (χ2n) is 7.07. The fraction of sp³-hybridized carbons (Fsp3) is 0.647. The first kappa shape index (κ1) is 13.0. The molecule has 1 saturated carbocycles. The third kappa shape index (κ3) is 2.16. The lowest BCUT2D eigenvalue weighted by Gasteiger charge is -2.32. The van der Waals surface area contributed by atoms with E-state index in [4.69, 9.17) is 0 Å². The predicted octanol–water partition coefficient (Wildman–Crippen LogP) is 3.23. The Hall–Kier alpha value is -1.02. The molecular formula is C17H25NO. The molecule has 0 aromatic heterocycles. The van der Waals surface area contributed by atoms with E-state index >= 15 is 0 Å². The predicted molar refractivity (Wildman–Crippen MR) is 79.5 cm³/mol. The van der Waals surface area contributed by atoms with E-state index in [9.17, 15) is 5.11 Å². The molecule has 2 nitrogen and oxygen atoms in total. The Morgan fingerprint density at radius 1 is 1.32 bits per heavy atom. The lowest BCUT2D eigenvalue weighted by atomic mass is 9.87. The third-order valence-corrected chi connectivity index (χ3v) is 5.19. The van der Waals surface area contributed by atoms with Crippen LogP contribution < -0.4 is 4.90 Å². The zero-order chi connectivity index (χ0) is 13.6. The minimum atomic E-state index is -0.160. The van der Waals surface area contributed by atoms with Gasteiger partial charge in [-0.3, -0.25) is 0 Å². The van der Waals surface area contributed by atoms with Crippen LogP contribution in [-0.4, -0.2) is 23.8 Å². The van der Waals surface area contributed by atoms with Crippen molar-refractivity contribution in [1.82, 2.24) is 0 Å². The normalized spacial score (nSPS) is 32.6. The Labute approximate surface area is 116 Å². The molecule has 1 N–H and O–H groups in total. The van der Waals surface area contributed by atoms with Crippen molar-refractivity contribution in [2.24, 2.45) is 11.3 Å². The number of fused-ring (bicyclic) bond motifs is 1.